The molecule has 0 unspecified atom stereocenters. The summed E-state index contributed by atoms with van der Waals surface area (Å²) in [7, 11) is 1.76. The van der Waals surface area contributed by atoms with Crippen LogP contribution in [0.5, 0.6) is 0 Å². The highest BCUT2D eigenvalue weighted by Gasteiger charge is 2.24. The van der Waals surface area contributed by atoms with Crippen LogP contribution in [-0.4, -0.2) is 26.1 Å². The molecule has 1 heterocycles. The third-order valence-corrected chi connectivity index (χ3v) is 4.91. The van der Waals surface area contributed by atoms with Crippen LogP contribution in [0.3, 0.4) is 0 Å². The Kier molecular flexibility index (Phi) is 5.14. The normalized spacial score (nSPS) is 12.0. The summed E-state index contributed by atoms with van der Waals surface area (Å²) in [5, 5.41) is 14.6. The topological polar surface area (TPSA) is 72.7 Å². The van der Waals surface area contributed by atoms with Gasteiger partial charge in [-0.05, 0) is 53.1 Å². The molecule has 1 N–H and O–H groups in total. The van der Waals surface area contributed by atoms with Crippen molar-refractivity contribution in [3.05, 3.63) is 65.2 Å². The lowest BCUT2D eigenvalue weighted by molar-refractivity contribution is -0.115. The van der Waals surface area contributed by atoms with Gasteiger partial charge in [-0.2, -0.15) is 0 Å². The number of rotatable bonds is 5. The number of carbonyl (C=O) groups is 1. The summed E-state index contributed by atoms with van der Waals surface area (Å²) < 4.78 is 1.56. The Balaban J connectivity index is 1.88. The molecule has 25 heavy (non-hydrogen) atoms. The predicted octanol–water partition coefficient (Wildman–Crippen LogP) is 3.30. The van der Waals surface area contributed by atoms with E-state index in [9.17, 15) is 4.79 Å². The van der Waals surface area contributed by atoms with Gasteiger partial charge in [-0.3, -0.25) is 4.79 Å². The van der Waals surface area contributed by atoms with Gasteiger partial charge in [0.2, 0.25) is 11.1 Å². The van der Waals surface area contributed by atoms with Crippen LogP contribution < -0.4 is 5.32 Å². The molecule has 0 bridgehead atoms. The second-order valence-corrected chi connectivity index (χ2v) is 6.93. The second-order valence-electron chi connectivity index (χ2n) is 5.86. The molecule has 1 amide bonds. The minimum Gasteiger partial charge on any atom is -0.325 e. The fraction of sp³-hybridized carbons (Fsp3) is 0.222. The number of amides is 1. The molecule has 0 fully saturated rings. The number of tetrazole rings is 1. The van der Waals surface area contributed by atoms with E-state index >= 15 is 0 Å². The Bertz CT molecular complexity index is 858. The van der Waals surface area contributed by atoms with Gasteiger partial charge in [-0.25, -0.2) is 4.68 Å². The third-order valence-electron chi connectivity index (χ3n) is 3.63. The zero-order valence-electron chi connectivity index (χ0n) is 14.3. The Morgan fingerprint density at radius 3 is 2.40 bits per heavy atom. The average molecular weight is 353 g/mol. The molecule has 0 aliphatic heterocycles. The summed E-state index contributed by atoms with van der Waals surface area (Å²) in [6.45, 7) is 4.02. The summed E-state index contributed by atoms with van der Waals surface area (Å²) in [5.74, 6) is -0.107. The van der Waals surface area contributed by atoms with Gasteiger partial charge in [0.05, 0.1) is 0 Å². The maximum absolute atomic E-state index is 13.0. The van der Waals surface area contributed by atoms with E-state index in [2.05, 4.69) is 26.9 Å². The fourth-order valence-corrected chi connectivity index (χ4v) is 3.52. The molecular weight excluding hydrogens is 334 g/mol. The first-order valence-electron chi connectivity index (χ1n) is 7.86. The summed E-state index contributed by atoms with van der Waals surface area (Å²) in [6, 6.07) is 15.6. The van der Waals surface area contributed by atoms with Crippen molar-refractivity contribution in [2.45, 2.75) is 24.3 Å². The first kappa shape index (κ1) is 17.2. The van der Waals surface area contributed by atoms with Crippen LogP contribution in [-0.2, 0) is 11.8 Å². The van der Waals surface area contributed by atoms with E-state index in [1.54, 1.807) is 11.7 Å². The molecule has 0 radical (unpaired) electrons. The monoisotopic (exact) mass is 353 g/mol. The van der Waals surface area contributed by atoms with Crippen molar-refractivity contribution in [2.24, 2.45) is 7.05 Å². The van der Waals surface area contributed by atoms with Crippen LogP contribution >= 0.6 is 11.8 Å². The molecule has 0 aliphatic rings. The van der Waals surface area contributed by atoms with Crippen molar-refractivity contribution < 1.29 is 4.79 Å². The van der Waals surface area contributed by atoms with Gasteiger partial charge in [-0.1, -0.05) is 48.2 Å². The number of anilines is 1. The summed E-state index contributed by atoms with van der Waals surface area (Å²) >= 11 is 1.33. The molecule has 0 aliphatic carbocycles. The van der Waals surface area contributed by atoms with Crippen LogP contribution in [0, 0.1) is 13.8 Å². The highest BCUT2D eigenvalue weighted by molar-refractivity contribution is 8.00. The Morgan fingerprint density at radius 1 is 1.12 bits per heavy atom. The number of aromatic nitrogens is 4. The van der Waals surface area contributed by atoms with E-state index in [0.29, 0.717) is 5.16 Å². The van der Waals surface area contributed by atoms with Crippen LogP contribution in [0.2, 0.25) is 0 Å². The molecule has 0 saturated heterocycles. The summed E-state index contributed by atoms with van der Waals surface area (Å²) in [6.07, 6.45) is 0. The lowest BCUT2D eigenvalue weighted by Crippen LogP contribution is -2.19. The molecule has 3 aromatic rings. The lowest BCUT2D eigenvalue weighted by atomic mass is 10.1. The van der Waals surface area contributed by atoms with Crippen molar-refractivity contribution in [3.8, 4) is 0 Å². The SMILES string of the molecule is Cc1cc(C)cc(NC(=O)[C@H](Sc2nnnn2C)c2ccccc2)c1. The maximum atomic E-state index is 13.0. The smallest absolute Gasteiger partial charge is 0.242 e. The summed E-state index contributed by atoms with van der Waals surface area (Å²) in [5.41, 5.74) is 3.91. The first-order valence-corrected chi connectivity index (χ1v) is 8.74. The number of nitrogens with one attached hydrogen (secondary N) is 1. The van der Waals surface area contributed by atoms with Crippen LogP contribution in [0.4, 0.5) is 5.69 Å². The van der Waals surface area contributed by atoms with Crippen LogP contribution in [0.25, 0.3) is 0 Å². The zero-order chi connectivity index (χ0) is 17.8. The van der Waals surface area contributed by atoms with Crippen LogP contribution in [0.15, 0.2) is 53.7 Å². The fourth-order valence-electron chi connectivity index (χ4n) is 2.58. The second kappa shape index (κ2) is 7.48. The van der Waals surface area contributed by atoms with Gasteiger partial charge >= 0.3 is 0 Å². The molecule has 7 heteroatoms. The van der Waals surface area contributed by atoms with Gasteiger partial charge in [0.1, 0.15) is 5.25 Å². The molecule has 3 rings (SSSR count). The van der Waals surface area contributed by atoms with E-state index in [4.69, 9.17) is 0 Å². The van der Waals surface area contributed by atoms with E-state index in [1.807, 2.05) is 56.3 Å². The van der Waals surface area contributed by atoms with Crippen molar-refractivity contribution in [1.29, 1.82) is 0 Å². The van der Waals surface area contributed by atoms with E-state index in [1.165, 1.54) is 11.8 Å². The van der Waals surface area contributed by atoms with Gasteiger partial charge < -0.3 is 5.32 Å². The molecule has 0 spiro atoms. The van der Waals surface area contributed by atoms with Crippen molar-refractivity contribution in [1.82, 2.24) is 20.2 Å². The van der Waals surface area contributed by atoms with Gasteiger partial charge in [0.25, 0.3) is 0 Å². The van der Waals surface area contributed by atoms with Gasteiger partial charge in [-0.15, -0.1) is 5.10 Å². The minimum absolute atomic E-state index is 0.107. The zero-order valence-corrected chi connectivity index (χ0v) is 15.1. The molecule has 128 valence electrons. The van der Waals surface area contributed by atoms with Crippen molar-refractivity contribution in [2.75, 3.05) is 5.32 Å². The molecule has 1 atom stereocenters. The number of aryl methyl sites for hydroxylation is 3. The van der Waals surface area contributed by atoms with Gasteiger partial charge in [0.15, 0.2) is 0 Å². The third kappa shape index (κ3) is 4.24. The minimum atomic E-state index is -0.452. The van der Waals surface area contributed by atoms with Crippen molar-refractivity contribution in [3.63, 3.8) is 0 Å². The summed E-state index contributed by atoms with van der Waals surface area (Å²) in [4.78, 5) is 13.0. The standard InChI is InChI=1S/C18H19N5OS/c1-12-9-13(2)11-15(10-12)19-17(24)16(14-7-5-4-6-8-14)25-18-20-21-22-23(18)3/h4-11,16H,1-3H3,(H,19,24)/t16-/m1/s1. The molecule has 2 aromatic carbocycles. The first-order chi connectivity index (χ1) is 12.0. The predicted molar refractivity (Wildman–Crippen MR) is 98.4 cm³/mol. The molecule has 1 aromatic heterocycles. The quantitative estimate of drug-likeness (QED) is 0.713. The number of hydrogen-bond acceptors (Lipinski definition) is 5. The van der Waals surface area contributed by atoms with Crippen molar-refractivity contribution >= 4 is 23.4 Å². The number of thioether (sulfide) groups is 1. The molecule has 0 saturated carbocycles. The number of benzene rings is 2. The lowest BCUT2D eigenvalue weighted by Gasteiger charge is -2.16. The number of hydrogen-bond donors (Lipinski definition) is 1. The average Bonchev–Trinajstić information content (AvgIpc) is 2.97. The highest BCUT2D eigenvalue weighted by Crippen LogP contribution is 2.34. The Hall–Kier alpha value is -2.67. The number of carbonyl (C=O) groups excluding carboxylic acids is 1. The van der Waals surface area contributed by atoms with Gasteiger partial charge in [0, 0.05) is 12.7 Å². The van der Waals surface area contributed by atoms with E-state index in [-0.39, 0.29) is 5.91 Å². The maximum Gasteiger partial charge on any atom is 0.242 e. The number of nitrogens with zero attached hydrogens (tertiary/aromatic N) is 4. The van der Waals surface area contributed by atoms with E-state index < -0.39 is 5.25 Å². The largest absolute Gasteiger partial charge is 0.325 e. The Morgan fingerprint density at radius 2 is 1.80 bits per heavy atom. The van der Waals surface area contributed by atoms with Crippen LogP contribution in [0.1, 0.15) is 21.9 Å². The Labute approximate surface area is 150 Å². The highest BCUT2D eigenvalue weighted by atomic mass is 32.2. The molecular formula is C18H19N5OS. The van der Waals surface area contributed by atoms with E-state index in [0.717, 1.165) is 22.4 Å². The molecule has 6 nitrogen and oxygen atoms in total.